The number of aliphatic hydroxyl groups excluding tert-OH is 1. The van der Waals surface area contributed by atoms with Gasteiger partial charge < -0.3 is 15.3 Å². The minimum absolute atomic E-state index is 0.271. The summed E-state index contributed by atoms with van der Waals surface area (Å²) in [4.78, 5) is 1.99. The first kappa shape index (κ1) is 14.2. The number of benzene rings is 1. The Balaban J connectivity index is 2.45. The molecule has 2 atom stereocenters. The van der Waals surface area contributed by atoms with Gasteiger partial charge in [-0.05, 0) is 39.1 Å². The lowest BCUT2D eigenvalue weighted by atomic mass is 10.0. The Morgan fingerprint density at radius 3 is 2.53 bits per heavy atom. The molecule has 0 radical (unpaired) electrons. The number of hydrogen-bond donors (Lipinski definition) is 2. The van der Waals surface area contributed by atoms with Gasteiger partial charge in [0.25, 0.3) is 0 Å². The van der Waals surface area contributed by atoms with E-state index in [0.29, 0.717) is 13.1 Å². The van der Waals surface area contributed by atoms with Gasteiger partial charge in [-0.15, -0.1) is 0 Å². The molecule has 3 nitrogen and oxygen atoms in total. The van der Waals surface area contributed by atoms with Crippen molar-refractivity contribution in [3.63, 3.8) is 0 Å². The molecular weight excluding hydrogens is 212 g/mol. The molecule has 0 fully saturated rings. The lowest BCUT2D eigenvalue weighted by Gasteiger charge is -2.21. The van der Waals surface area contributed by atoms with Gasteiger partial charge in [0, 0.05) is 19.1 Å². The van der Waals surface area contributed by atoms with Crippen LogP contribution in [0.4, 0.5) is 0 Å². The summed E-state index contributed by atoms with van der Waals surface area (Å²) in [6, 6.07) is 8.62. The van der Waals surface area contributed by atoms with Gasteiger partial charge in [-0.3, -0.25) is 0 Å². The molecular formula is C14H24N2O. The summed E-state index contributed by atoms with van der Waals surface area (Å²) in [7, 11) is 3.93. The monoisotopic (exact) mass is 236 g/mol. The third-order valence-electron chi connectivity index (χ3n) is 2.89. The number of nitrogens with zero attached hydrogens (tertiary/aromatic N) is 1. The van der Waals surface area contributed by atoms with Crippen molar-refractivity contribution in [1.29, 1.82) is 0 Å². The summed E-state index contributed by atoms with van der Waals surface area (Å²) in [6.07, 6.45) is -0.323. The van der Waals surface area contributed by atoms with E-state index in [2.05, 4.69) is 37.4 Å². The molecule has 0 saturated carbocycles. The molecule has 0 aliphatic carbocycles. The van der Waals surface area contributed by atoms with E-state index in [1.807, 2.05) is 25.1 Å². The lowest BCUT2D eigenvalue weighted by Crippen LogP contribution is -2.36. The Morgan fingerprint density at radius 1 is 1.29 bits per heavy atom. The Bertz CT molecular complexity index is 339. The van der Waals surface area contributed by atoms with Crippen LogP contribution in [0.3, 0.4) is 0 Å². The first-order valence-corrected chi connectivity index (χ1v) is 6.12. The van der Waals surface area contributed by atoms with E-state index < -0.39 is 0 Å². The van der Waals surface area contributed by atoms with Gasteiger partial charge in [0.1, 0.15) is 0 Å². The van der Waals surface area contributed by atoms with Crippen LogP contribution in [0, 0.1) is 6.92 Å². The van der Waals surface area contributed by atoms with Crippen LogP contribution in [0.5, 0.6) is 0 Å². The van der Waals surface area contributed by atoms with Gasteiger partial charge in [0.05, 0.1) is 6.10 Å². The molecule has 0 aromatic heterocycles. The van der Waals surface area contributed by atoms with Gasteiger partial charge in [0.2, 0.25) is 0 Å². The van der Waals surface area contributed by atoms with Crippen molar-refractivity contribution in [3.8, 4) is 0 Å². The average Bonchev–Trinajstić information content (AvgIpc) is 2.25. The highest BCUT2D eigenvalue weighted by Crippen LogP contribution is 2.16. The van der Waals surface area contributed by atoms with Crippen LogP contribution in [0.15, 0.2) is 24.3 Å². The molecule has 0 bridgehead atoms. The van der Waals surface area contributed by atoms with Crippen LogP contribution in [-0.2, 0) is 0 Å². The smallest absolute Gasteiger partial charge is 0.0791 e. The van der Waals surface area contributed by atoms with Gasteiger partial charge in [-0.25, -0.2) is 0 Å². The minimum Gasteiger partial charge on any atom is -0.390 e. The number of likely N-dealkylation sites (N-methyl/N-ethyl adjacent to an activating group) is 1. The van der Waals surface area contributed by atoms with Crippen molar-refractivity contribution in [3.05, 3.63) is 35.4 Å². The summed E-state index contributed by atoms with van der Waals surface area (Å²) < 4.78 is 0. The van der Waals surface area contributed by atoms with E-state index in [1.54, 1.807) is 0 Å². The maximum atomic E-state index is 9.78. The quantitative estimate of drug-likeness (QED) is 0.787. The van der Waals surface area contributed by atoms with Crippen LogP contribution in [0.25, 0.3) is 0 Å². The highest BCUT2D eigenvalue weighted by atomic mass is 16.3. The van der Waals surface area contributed by atoms with Crippen LogP contribution in [-0.4, -0.2) is 43.3 Å². The Labute approximate surface area is 104 Å². The zero-order chi connectivity index (χ0) is 12.8. The SMILES string of the molecule is Cc1ccccc1[C@H](C)NCC(O)CN(C)C. The number of rotatable bonds is 6. The minimum atomic E-state index is -0.323. The maximum absolute atomic E-state index is 9.78. The van der Waals surface area contributed by atoms with Crippen molar-refractivity contribution in [2.24, 2.45) is 0 Å². The van der Waals surface area contributed by atoms with Crippen molar-refractivity contribution < 1.29 is 5.11 Å². The first-order chi connectivity index (χ1) is 8.00. The van der Waals surface area contributed by atoms with Gasteiger partial charge in [-0.1, -0.05) is 24.3 Å². The molecule has 2 N–H and O–H groups in total. The van der Waals surface area contributed by atoms with E-state index in [9.17, 15) is 5.11 Å². The summed E-state index contributed by atoms with van der Waals surface area (Å²) >= 11 is 0. The fraction of sp³-hybridized carbons (Fsp3) is 0.571. The highest BCUT2D eigenvalue weighted by molar-refractivity contribution is 5.28. The topological polar surface area (TPSA) is 35.5 Å². The zero-order valence-corrected chi connectivity index (χ0v) is 11.3. The summed E-state index contributed by atoms with van der Waals surface area (Å²) in [6.45, 7) is 5.55. The molecule has 0 aliphatic rings. The second-order valence-corrected chi connectivity index (χ2v) is 4.90. The van der Waals surface area contributed by atoms with Crippen LogP contribution in [0.1, 0.15) is 24.1 Å². The van der Waals surface area contributed by atoms with Crippen molar-refractivity contribution in [2.45, 2.75) is 26.0 Å². The molecule has 3 heteroatoms. The second kappa shape index (κ2) is 6.74. The molecule has 0 saturated heterocycles. The van der Waals surface area contributed by atoms with Crippen molar-refractivity contribution >= 4 is 0 Å². The fourth-order valence-electron chi connectivity index (χ4n) is 1.98. The van der Waals surface area contributed by atoms with E-state index in [0.717, 1.165) is 0 Å². The third kappa shape index (κ3) is 4.86. The molecule has 1 aromatic rings. The lowest BCUT2D eigenvalue weighted by molar-refractivity contribution is 0.132. The largest absolute Gasteiger partial charge is 0.390 e. The van der Waals surface area contributed by atoms with E-state index in [-0.39, 0.29) is 12.1 Å². The van der Waals surface area contributed by atoms with Crippen molar-refractivity contribution in [1.82, 2.24) is 10.2 Å². The van der Waals surface area contributed by atoms with Gasteiger partial charge in [0.15, 0.2) is 0 Å². The number of aryl methyl sites for hydroxylation is 1. The molecule has 0 amide bonds. The molecule has 1 unspecified atom stereocenters. The predicted octanol–water partition coefficient (Wildman–Crippen LogP) is 1.57. The average molecular weight is 236 g/mol. The number of hydrogen-bond acceptors (Lipinski definition) is 3. The normalized spacial score (nSPS) is 14.9. The number of aliphatic hydroxyl groups is 1. The highest BCUT2D eigenvalue weighted by Gasteiger charge is 2.10. The standard InChI is InChI=1S/C14H24N2O/c1-11-7-5-6-8-14(11)12(2)15-9-13(17)10-16(3)4/h5-8,12-13,15,17H,9-10H2,1-4H3/t12-,13?/m0/s1. The first-order valence-electron chi connectivity index (χ1n) is 6.12. The molecule has 1 rings (SSSR count). The van der Waals surface area contributed by atoms with Crippen LogP contribution >= 0.6 is 0 Å². The van der Waals surface area contributed by atoms with Crippen molar-refractivity contribution in [2.75, 3.05) is 27.2 Å². The Hall–Kier alpha value is -0.900. The zero-order valence-electron chi connectivity index (χ0n) is 11.3. The summed E-state index contributed by atoms with van der Waals surface area (Å²) in [5.74, 6) is 0. The number of nitrogens with one attached hydrogen (secondary N) is 1. The van der Waals surface area contributed by atoms with E-state index in [4.69, 9.17) is 0 Å². The van der Waals surface area contributed by atoms with Gasteiger partial charge >= 0.3 is 0 Å². The Kier molecular flexibility index (Phi) is 5.62. The molecule has 0 aliphatic heterocycles. The summed E-state index contributed by atoms with van der Waals surface area (Å²) in [5.41, 5.74) is 2.58. The second-order valence-electron chi connectivity index (χ2n) is 4.90. The van der Waals surface area contributed by atoms with Crippen LogP contribution in [0.2, 0.25) is 0 Å². The third-order valence-corrected chi connectivity index (χ3v) is 2.89. The van der Waals surface area contributed by atoms with E-state index >= 15 is 0 Å². The molecule has 1 aromatic carbocycles. The maximum Gasteiger partial charge on any atom is 0.0791 e. The van der Waals surface area contributed by atoms with Gasteiger partial charge in [-0.2, -0.15) is 0 Å². The molecule has 0 spiro atoms. The summed E-state index contributed by atoms with van der Waals surface area (Å²) in [5, 5.41) is 13.1. The van der Waals surface area contributed by atoms with Crippen LogP contribution < -0.4 is 5.32 Å². The Morgan fingerprint density at radius 2 is 1.94 bits per heavy atom. The molecule has 0 heterocycles. The molecule has 17 heavy (non-hydrogen) atoms. The van der Waals surface area contributed by atoms with E-state index in [1.165, 1.54) is 11.1 Å². The fourth-order valence-corrected chi connectivity index (χ4v) is 1.98. The molecule has 96 valence electrons. The predicted molar refractivity (Wildman–Crippen MR) is 72.2 cm³/mol.